The molecule has 2 heterocycles. The van der Waals surface area contributed by atoms with E-state index < -0.39 is 15.9 Å². The number of rotatable bonds is 7. The van der Waals surface area contributed by atoms with Crippen molar-refractivity contribution >= 4 is 27.8 Å². The predicted octanol–water partition coefficient (Wildman–Crippen LogP) is -0.955. The third kappa shape index (κ3) is 5.49. The fraction of sp³-hybridized carbons (Fsp3) is 0.714. The molecule has 0 spiro atoms. The van der Waals surface area contributed by atoms with E-state index >= 15 is 0 Å². The van der Waals surface area contributed by atoms with Crippen LogP contribution in [0.5, 0.6) is 0 Å². The lowest BCUT2D eigenvalue weighted by Gasteiger charge is -2.19. The molecule has 1 aliphatic rings. The zero-order valence-electron chi connectivity index (χ0n) is 15.1. The number of carbonyl (C=O) groups is 1. The Morgan fingerprint density at radius 3 is 2.36 bits per heavy atom. The molecule has 0 unspecified atom stereocenters. The van der Waals surface area contributed by atoms with Crippen molar-refractivity contribution in [3.8, 4) is 0 Å². The van der Waals surface area contributed by atoms with E-state index in [9.17, 15) is 13.2 Å². The molecule has 1 aromatic rings. The quantitative estimate of drug-likeness (QED) is 0.653. The smallest absolute Gasteiger partial charge is 0.235 e. The second-order valence-corrected chi connectivity index (χ2v) is 8.33. The maximum absolute atomic E-state index is 11.9. The summed E-state index contributed by atoms with van der Waals surface area (Å²) in [7, 11) is 1.64. The zero-order valence-corrected chi connectivity index (χ0v) is 15.9. The molecule has 2 rings (SSSR count). The number of hydrogen-bond donors (Lipinski definition) is 1. The number of aromatic nitrogens is 3. The number of nitrogens with zero attached hydrogens (tertiary/aromatic N) is 6. The molecule has 11 heteroatoms. The minimum absolute atomic E-state index is 0.112. The van der Waals surface area contributed by atoms with Crippen molar-refractivity contribution in [3.05, 3.63) is 5.82 Å². The number of sulfonamides is 1. The Balaban J connectivity index is 2.06. The van der Waals surface area contributed by atoms with Crippen molar-refractivity contribution in [1.82, 2.24) is 24.6 Å². The Hall–Kier alpha value is -2.01. The normalized spacial score (nSPS) is 14.8. The van der Waals surface area contributed by atoms with Crippen LogP contribution in [0.3, 0.4) is 0 Å². The van der Waals surface area contributed by atoms with Crippen LogP contribution >= 0.6 is 0 Å². The molecule has 1 fully saturated rings. The van der Waals surface area contributed by atoms with Gasteiger partial charge in [0.05, 0.1) is 19.3 Å². The van der Waals surface area contributed by atoms with Gasteiger partial charge in [0.25, 0.3) is 0 Å². The molecule has 0 aliphatic carbocycles. The van der Waals surface area contributed by atoms with Gasteiger partial charge in [-0.1, -0.05) is 0 Å². The summed E-state index contributed by atoms with van der Waals surface area (Å²) in [5, 5.41) is 2.65. The molecule has 1 aromatic heterocycles. The largest absolute Gasteiger partial charge is 0.348 e. The van der Waals surface area contributed by atoms with Gasteiger partial charge in [0.2, 0.25) is 27.8 Å². The van der Waals surface area contributed by atoms with Crippen molar-refractivity contribution in [2.24, 2.45) is 0 Å². The molecule has 0 bridgehead atoms. The second-order valence-electron chi connectivity index (χ2n) is 6.24. The van der Waals surface area contributed by atoms with E-state index in [4.69, 9.17) is 0 Å². The van der Waals surface area contributed by atoms with E-state index in [2.05, 4.69) is 25.2 Å². The van der Waals surface area contributed by atoms with E-state index in [1.54, 1.807) is 4.90 Å². The van der Waals surface area contributed by atoms with Gasteiger partial charge in [0.15, 0.2) is 5.82 Å². The fourth-order valence-corrected chi connectivity index (χ4v) is 2.64. The third-order valence-corrected chi connectivity index (χ3v) is 5.08. The Morgan fingerprint density at radius 1 is 1.16 bits per heavy atom. The van der Waals surface area contributed by atoms with Gasteiger partial charge in [0.1, 0.15) is 0 Å². The Labute approximate surface area is 148 Å². The van der Waals surface area contributed by atoms with Gasteiger partial charge >= 0.3 is 0 Å². The summed E-state index contributed by atoms with van der Waals surface area (Å²) in [5.74, 6) is 1.15. The van der Waals surface area contributed by atoms with Crippen LogP contribution in [0.2, 0.25) is 0 Å². The van der Waals surface area contributed by atoms with Crippen LogP contribution in [0.4, 0.5) is 11.9 Å². The highest BCUT2D eigenvalue weighted by Crippen LogP contribution is 2.17. The van der Waals surface area contributed by atoms with Gasteiger partial charge < -0.3 is 15.1 Å². The minimum Gasteiger partial charge on any atom is -0.348 e. The Bertz CT molecular complexity index is 717. The van der Waals surface area contributed by atoms with Crippen molar-refractivity contribution in [2.45, 2.75) is 19.4 Å². The molecule has 0 atom stereocenters. The molecule has 1 N–H and O–H groups in total. The number of likely N-dealkylation sites (N-methyl/N-ethyl adjacent to an activating group) is 1. The van der Waals surface area contributed by atoms with Gasteiger partial charge in [0, 0.05) is 34.2 Å². The van der Waals surface area contributed by atoms with Gasteiger partial charge in [-0.25, -0.2) is 8.42 Å². The SMILES string of the molecule is CN(C)c1nc(CNC(=O)CN(C)S(C)(=O)=O)nc(N2CCCC2)n1. The van der Waals surface area contributed by atoms with E-state index in [1.165, 1.54) is 7.05 Å². The highest BCUT2D eigenvalue weighted by Gasteiger charge is 2.19. The highest BCUT2D eigenvalue weighted by atomic mass is 32.2. The lowest BCUT2D eigenvalue weighted by Crippen LogP contribution is -2.38. The van der Waals surface area contributed by atoms with Gasteiger partial charge in [-0.15, -0.1) is 0 Å². The van der Waals surface area contributed by atoms with Crippen molar-refractivity contribution in [2.75, 3.05) is 56.8 Å². The fourth-order valence-electron chi connectivity index (χ4n) is 2.29. The number of anilines is 2. The number of carbonyl (C=O) groups excluding carboxylic acids is 1. The molecule has 0 saturated carbocycles. The number of amides is 1. The first-order valence-corrected chi connectivity index (χ1v) is 9.87. The standard InChI is InChI=1S/C14H25N7O3S/c1-19(2)13-16-11(17-14(18-13)21-7-5-6-8-21)9-15-12(22)10-20(3)25(4,23)24/h5-10H2,1-4H3,(H,15,22). The van der Waals surface area contributed by atoms with Crippen molar-refractivity contribution in [1.29, 1.82) is 0 Å². The van der Waals surface area contributed by atoms with E-state index in [-0.39, 0.29) is 13.1 Å². The summed E-state index contributed by atoms with van der Waals surface area (Å²) in [4.78, 5) is 29.0. The van der Waals surface area contributed by atoms with Gasteiger partial charge in [-0.05, 0) is 12.8 Å². The third-order valence-electron chi connectivity index (χ3n) is 3.82. The number of nitrogens with one attached hydrogen (secondary N) is 1. The lowest BCUT2D eigenvalue weighted by atomic mass is 10.4. The summed E-state index contributed by atoms with van der Waals surface area (Å²) < 4.78 is 23.7. The van der Waals surface area contributed by atoms with Crippen LogP contribution in [0.25, 0.3) is 0 Å². The Kier molecular flexibility index (Phi) is 6.11. The predicted molar refractivity (Wildman–Crippen MR) is 94.9 cm³/mol. The molecule has 25 heavy (non-hydrogen) atoms. The van der Waals surface area contributed by atoms with Crippen LogP contribution in [0.15, 0.2) is 0 Å². The minimum atomic E-state index is -3.40. The molecule has 1 saturated heterocycles. The lowest BCUT2D eigenvalue weighted by molar-refractivity contribution is -0.121. The molecule has 140 valence electrons. The molecule has 1 aliphatic heterocycles. The topological polar surface area (TPSA) is 112 Å². The number of hydrogen-bond acceptors (Lipinski definition) is 8. The van der Waals surface area contributed by atoms with E-state index in [0.29, 0.717) is 17.7 Å². The first kappa shape index (κ1) is 19.3. The van der Waals surface area contributed by atoms with Crippen molar-refractivity contribution < 1.29 is 13.2 Å². The molecule has 0 radical (unpaired) electrons. The average Bonchev–Trinajstić information content (AvgIpc) is 3.06. The second kappa shape index (κ2) is 7.91. The van der Waals surface area contributed by atoms with Crippen LogP contribution in [0.1, 0.15) is 18.7 Å². The molecule has 1 amide bonds. The average molecular weight is 371 g/mol. The van der Waals surface area contributed by atoms with E-state index in [1.807, 2.05) is 14.1 Å². The maximum Gasteiger partial charge on any atom is 0.235 e. The first-order chi connectivity index (χ1) is 11.7. The van der Waals surface area contributed by atoms with E-state index in [0.717, 1.165) is 36.5 Å². The van der Waals surface area contributed by atoms with Crippen LogP contribution in [0, 0.1) is 0 Å². The highest BCUT2D eigenvalue weighted by molar-refractivity contribution is 7.88. The van der Waals surface area contributed by atoms with Crippen molar-refractivity contribution in [3.63, 3.8) is 0 Å². The van der Waals surface area contributed by atoms with Crippen LogP contribution in [-0.2, 0) is 21.4 Å². The van der Waals surface area contributed by atoms with Gasteiger partial charge in [-0.3, -0.25) is 4.79 Å². The summed E-state index contributed by atoms with van der Waals surface area (Å²) in [6, 6.07) is 0. The summed E-state index contributed by atoms with van der Waals surface area (Å²) in [6.45, 7) is 1.67. The summed E-state index contributed by atoms with van der Waals surface area (Å²) in [5.41, 5.74) is 0. The monoisotopic (exact) mass is 371 g/mol. The zero-order chi connectivity index (χ0) is 18.6. The summed E-state index contributed by atoms with van der Waals surface area (Å²) in [6.07, 6.45) is 3.26. The van der Waals surface area contributed by atoms with Crippen LogP contribution in [-0.4, -0.2) is 80.6 Å². The Morgan fingerprint density at radius 2 is 1.80 bits per heavy atom. The molecular weight excluding hydrogens is 346 g/mol. The molecule has 0 aromatic carbocycles. The summed E-state index contributed by atoms with van der Waals surface area (Å²) >= 11 is 0. The van der Waals surface area contributed by atoms with Crippen LogP contribution < -0.4 is 15.1 Å². The van der Waals surface area contributed by atoms with Gasteiger partial charge in [-0.2, -0.15) is 19.3 Å². The maximum atomic E-state index is 11.9. The molecular formula is C14H25N7O3S. The molecule has 10 nitrogen and oxygen atoms in total. The first-order valence-electron chi connectivity index (χ1n) is 8.02.